The third-order valence-electron chi connectivity index (χ3n) is 2.84. The highest BCUT2D eigenvalue weighted by Crippen LogP contribution is 2.13. The van der Waals surface area contributed by atoms with Gasteiger partial charge in [0.15, 0.2) is 0 Å². The number of aryl methyl sites for hydroxylation is 2. The first kappa shape index (κ1) is 13.8. The minimum atomic E-state index is 0.503. The van der Waals surface area contributed by atoms with Crippen LogP contribution in [0.4, 0.5) is 0 Å². The predicted octanol–water partition coefficient (Wildman–Crippen LogP) is 2.41. The third kappa shape index (κ3) is 3.90. The van der Waals surface area contributed by atoms with E-state index in [1.54, 1.807) is 0 Å². The van der Waals surface area contributed by atoms with Crippen LogP contribution in [0.3, 0.4) is 0 Å². The molecule has 0 aliphatic carbocycles. The Hall–Kier alpha value is -1.27. The number of hydrogen-bond acceptors (Lipinski definition) is 2. The van der Waals surface area contributed by atoms with E-state index in [0.29, 0.717) is 6.04 Å². The Bertz CT molecular complexity index is 419. The van der Waals surface area contributed by atoms with Crippen molar-refractivity contribution in [3.63, 3.8) is 0 Å². The molecule has 0 saturated carbocycles. The fourth-order valence-corrected chi connectivity index (χ4v) is 1.80. The first-order valence-corrected chi connectivity index (χ1v) is 6.22. The highest BCUT2D eigenvalue weighted by Gasteiger charge is 2.10. The van der Waals surface area contributed by atoms with Crippen LogP contribution in [-0.2, 0) is 13.1 Å². The van der Waals surface area contributed by atoms with Crippen molar-refractivity contribution in [2.24, 2.45) is 0 Å². The maximum Gasteiger partial charge on any atom is 0.0641 e. The standard InChI is InChI=1S/C14H23N3/c1-6-7-8-9-17-13(5)14(12(4)16-17)10-15-11(2)3/h11,15H,8-10H2,1-5H3. The number of nitrogens with one attached hydrogen (secondary N) is 1. The molecule has 0 saturated heterocycles. The van der Waals surface area contributed by atoms with Crippen LogP contribution >= 0.6 is 0 Å². The van der Waals surface area contributed by atoms with Gasteiger partial charge in [0.25, 0.3) is 0 Å². The van der Waals surface area contributed by atoms with Gasteiger partial charge in [-0.1, -0.05) is 13.8 Å². The molecular weight excluding hydrogens is 210 g/mol. The Morgan fingerprint density at radius 2 is 2.06 bits per heavy atom. The van der Waals surface area contributed by atoms with Gasteiger partial charge >= 0.3 is 0 Å². The van der Waals surface area contributed by atoms with Gasteiger partial charge in [-0.05, 0) is 20.8 Å². The summed E-state index contributed by atoms with van der Waals surface area (Å²) in [5, 5.41) is 8.01. The summed E-state index contributed by atoms with van der Waals surface area (Å²) in [6.45, 7) is 12.2. The van der Waals surface area contributed by atoms with Crippen LogP contribution in [-0.4, -0.2) is 15.8 Å². The van der Waals surface area contributed by atoms with Gasteiger partial charge in [0.1, 0.15) is 0 Å². The molecule has 0 aliphatic heterocycles. The summed E-state index contributed by atoms with van der Waals surface area (Å²) in [5.74, 6) is 5.99. The molecule has 0 bridgehead atoms. The summed E-state index contributed by atoms with van der Waals surface area (Å²) < 4.78 is 2.07. The van der Waals surface area contributed by atoms with E-state index >= 15 is 0 Å². The summed E-state index contributed by atoms with van der Waals surface area (Å²) >= 11 is 0. The molecule has 1 aromatic heterocycles. The predicted molar refractivity (Wildman–Crippen MR) is 71.7 cm³/mol. The van der Waals surface area contributed by atoms with Crippen molar-refractivity contribution in [3.8, 4) is 11.8 Å². The van der Waals surface area contributed by atoms with Crippen molar-refractivity contribution < 1.29 is 0 Å². The first-order chi connectivity index (χ1) is 8.06. The zero-order valence-corrected chi connectivity index (χ0v) is 11.6. The van der Waals surface area contributed by atoms with Crippen LogP contribution in [0.25, 0.3) is 0 Å². The second-order valence-electron chi connectivity index (χ2n) is 4.58. The Morgan fingerprint density at radius 1 is 1.35 bits per heavy atom. The lowest BCUT2D eigenvalue weighted by Gasteiger charge is -2.08. The molecule has 1 heterocycles. The van der Waals surface area contributed by atoms with Crippen LogP contribution < -0.4 is 5.32 Å². The van der Waals surface area contributed by atoms with Crippen molar-refractivity contribution >= 4 is 0 Å². The van der Waals surface area contributed by atoms with E-state index < -0.39 is 0 Å². The molecule has 3 heteroatoms. The van der Waals surface area contributed by atoms with Crippen LogP contribution in [0, 0.1) is 25.7 Å². The summed E-state index contributed by atoms with van der Waals surface area (Å²) in [4.78, 5) is 0. The lowest BCUT2D eigenvalue weighted by atomic mass is 10.2. The summed E-state index contributed by atoms with van der Waals surface area (Å²) in [5.41, 5.74) is 3.71. The highest BCUT2D eigenvalue weighted by molar-refractivity contribution is 5.24. The number of rotatable bonds is 5. The van der Waals surface area contributed by atoms with Gasteiger partial charge in [0, 0.05) is 30.3 Å². The van der Waals surface area contributed by atoms with Gasteiger partial charge in [-0.3, -0.25) is 4.68 Å². The molecule has 1 aromatic rings. The average molecular weight is 233 g/mol. The minimum Gasteiger partial charge on any atom is -0.310 e. The molecule has 94 valence electrons. The molecule has 0 fully saturated rings. The van der Waals surface area contributed by atoms with E-state index in [1.807, 2.05) is 6.92 Å². The smallest absolute Gasteiger partial charge is 0.0641 e. The van der Waals surface area contributed by atoms with Crippen molar-refractivity contribution in [3.05, 3.63) is 17.0 Å². The fourth-order valence-electron chi connectivity index (χ4n) is 1.80. The van der Waals surface area contributed by atoms with E-state index in [2.05, 4.69) is 54.6 Å². The fraction of sp³-hybridized carbons (Fsp3) is 0.643. The molecular formula is C14H23N3. The SMILES string of the molecule is CC#CCCn1nc(C)c(CNC(C)C)c1C. The Balaban J connectivity index is 2.73. The van der Waals surface area contributed by atoms with Gasteiger partial charge in [-0.15, -0.1) is 11.8 Å². The maximum absolute atomic E-state index is 4.57. The molecule has 1 N–H and O–H groups in total. The van der Waals surface area contributed by atoms with Crippen LogP contribution in [0.15, 0.2) is 0 Å². The zero-order chi connectivity index (χ0) is 12.8. The molecule has 0 unspecified atom stereocenters. The Kier molecular flexibility index (Phi) is 5.24. The van der Waals surface area contributed by atoms with Crippen LogP contribution in [0.1, 0.15) is 44.1 Å². The van der Waals surface area contributed by atoms with E-state index in [-0.39, 0.29) is 0 Å². The van der Waals surface area contributed by atoms with Crippen molar-refractivity contribution in [2.45, 2.75) is 60.2 Å². The van der Waals surface area contributed by atoms with Gasteiger partial charge in [-0.25, -0.2) is 0 Å². The average Bonchev–Trinajstić information content (AvgIpc) is 2.52. The zero-order valence-electron chi connectivity index (χ0n) is 11.6. The van der Waals surface area contributed by atoms with Crippen LogP contribution in [0.5, 0.6) is 0 Å². The van der Waals surface area contributed by atoms with E-state index in [0.717, 1.165) is 25.2 Å². The lowest BCUT2D eigenvalue weighted by Crippen LogP contribution is -2.22. The molecule has 0 radical (unpaired) electrons. The molecule has 0 aliphatic rings. The summed E-state index contributed by atoms with van der Waals surface area (Å²) in [6.07, 6.45) is 0.871. The van der Waals surface area contributed by atoms with E-state index in [9.17, 15) is 0 Å². The molecule has 0 amide bonds. The van der Waals surface area contributed by atoms with Gasteiger partial charge in [0.2, 0.25) is 0 Å². The molecule has 0 atom stereocenters. The summed E-state index contributed by atoms with van der Waals surface area (Å²) in [7, 11) is 0. The maximum atomic E-state index is 4.57. The Morgan fingerprint density at radius 3 is 2.65 bits per heavy atom. The molecule has 3 nitrogen and oxygen atoms in total. The minimum absolute atomic E-state index is 0.503. The third-order valence-corrected chi connectivity index (χ3v) is 2.84. The van der Waals surface area contributed by atoms with Crippen molar-refractivity contribution in [2.75, 3.05) is 0 Å². The lowest BCUT2D eigenvalue weighted by molar-refractivity contribution is 0.581. The first-order valence-electron chi connectivity index (χ1n) is 6.22. The van der Waals surface area contributed by atoms with E-state index in [4.69, 9.17) is 0 Å². The topological polar surface area (TPSA) is 29.9 Å². The number of nitrogens with zero attached hydrogens (tertiary/aromatic N) is 2. The normalized spacial score (nSPS) is 10.5. The second kappa shape index (κ2) is 6.46. The quantitative estimate of drug-likeness (QED) is 0.792. The second-order valence-corrected chi connectivity index (χ2v) is 4.58. The molecule has 0 spiro atoms. The van der Waals surface area contributed by atoms with Gasteiger partial charge in [0.05, 0.1) is 12.2 Å². The molecule has 1 rings (SSSR count). The van der Waals surface area contributed by atoms with Crippen molar-refractivity contribution in [1.29, 1.82) is 0 Å². The number of hydrogen-bond donors (Lipinski definition) is 1. The van der Waals surface area contributed by atoms with Crippen LogP contribution in [0.2, 0.25) is 0 Å². The highest BCUT2D eigenvalue weighted by atomic mass is 15.3. The van der Waals surface area contributed by atoms with Crippen molar-refractivity contribution in [1.82, 2.24) is 15.1 Å². The number of aromatic nitrogens is 2. The van der Waals surface area contributed by atoms with Gasteiger partial charge < -0.3 is 5.32 Å². The largest absolute Gasteiger partial charge is 0.310 e. The molecule has 0 aromatic carbocycles. The van der Waals surface area contributed by atoms with E-state index in [1.165, 1.54) is 11.3 Å². The Labute approximate surface area is 105 Å². The molecule has 17 heavy (non-hydrogen) atoms. The monoisotopic (exact) mass is 233 g/mol. The van der Waals surface area contributed by atoms with Gasteiger partial charge in [-0.2, -0.15) is 5.10 Å². The summed E-state index contributed by atoms with van der Waals surface area (Å²) in [6, 6.07) is 0.503.